The summed E-state index contributed by atoms with van der Waals surface area (Å²) in [6.45, 7) is 12.6. The quantitative estimate of drug-likeness (QED) is 0.311. The number of carbonyl (C=O) groups excluding carboxylic acids is 1. The number of pyridine rings is 1. The average Bonchev–Trinajstić information content (AvgIpc) is 3.55. The Hall–Kier alpha value is -3.81. The summed E-state index contributed by atoms with van der Waals surface area (Å²) in [6.07, 6.45) is 10.2. The number of methoxy groups -OCH3 is 1. The number of hydrogen-bond donors (Lipinski definition) is 1. The first-order valence-electron chi connectivity index (χ1n) is 16.5. The summed E-state index contributed by atoms with van der Waals surface area (Å²) < 4.78 is 32.5. The summed E-state index contributed by atoms with van der Waals surface area (Å²) in [7, 11) is -1.61. The number of anilines is 4. The van der Waals surface area contributed by atoms with Gasteiger partial charge >= 0.3 is 0 Å². The van der Waals surface area contributed by atoms with Gasteiger partial charge < -0.3 is 24.8 Å². The molecule has 3 atom stereocenters. The number of rotatable bonds is 10. The second-order valence-electron chi connectivity index (χ2n) is 13.1. The van der Waals surface area contributed by atoms with Crippen LogP contribution < -0.4 is 15.1 Å². The molecule has 252 valence electrons. The zero-order chi connectivity index (χ0) is 33.5. The molecule has 0 radical (unpaired) electrons. The number of sulfonamides is 1. The van der Waals surface area contributed by atoms with Gasteiger partial charge in [-0.05, 0) is 81.7 Å². The Labute approximate surface area is 277 Å². The van der Waals surface area contributed by atoms with Gasteiger partial charge in [-0.2, -0.15) is 9.29 Å². The number of benzene rings is 1. The number of likely N-dealkylation sites (tertiary alicyclic amines) is 1. The summed E-state index contributed by atoms with van der Waals surface area (Å²) in [5.74, 6) is 1.87. The van der Waals surface area contributed by atoms with Gasteiger partial charge in [0.05, 0.1) is 24.4 Å². The molecule has 1 amide bonds. The molecular weight excluding hydrogens is 616 g/mol. The molecule has 6 rings (SSSR count). The molecule has 47 heavy (non-hydrogen) atoms. The Morgan fingerprint density at radius 1 is 1.11 bits per heavy atom. The number of ether oxygens (including phenoxy) is 1. The van der Waals surface area contributed by atoms with Crippen LogP contribution in [-0.2, 0) is 19.6 Å². The first kappa shape index (κ1) is 33.1. The summed E-state index contributed by atoms with van der Waals surface area (Å²) in [4.78, 5) is 33.3. The monoisotopic (exact) mass is 662 g/mol. The van der Waals surface area contributed by atoms with E-state index in [9.17, 15) is 13.2 Å². The number of amides is 1. The van der Waals surface area contributed by atoms with Crippen molar-refractivity contribution < 1.29 is 17.9 Å². The molecule has 3 aliphatic rings. The lowest BCUT2D eigenvalue weighted by Crippen LogP contribution is -2.68. The van der Waals surface area contributed by atoms with Crippen molar-refractivity contribution in [3.63, 3.8) is 0 Å². The lowest BCUT2D eigenvalue weighted by Gasteiger charge is -2.53. The van der Waals surface area contributed by atoms with E-state index in [-0.39, 0.29) is 36.2 Å². The maximum Gasteiger partial charge on any atom is 0.246 e. The molecule has 0 aliphatic carbocycles. The van der Waals surface area contributed by atoms with Gasteiger partial charge in [-0.25, -0.2) is 18.4 Å². The van der Waals surface area contributed by atoms with Crippen LogP contribution in [0.5, 0.6) is 0 Å². The van der Waals surface area contributed by atoms with Crippen molar-refractivity contribution in [2.75, 3.05) is 54.7 Å². The van der Waals surface area contributed by atoms with Crippen LogP contribution in [0.4, 0.5) is 23.3 Å². The van der Waals surface area contributed by atoms with Crippen molar-refractivity contribution in [2.45, 2.75) is 76.7 Å². The molecule has 13 heteroatoms. The van der Waals surface area contributed by atoms with Gasteiger partial charge in [-0.15, -0.1) is 0 Å². The van der Waals surface area contributed by atoms with Crippen LogP contribution in [0.2, 0.25) is 0 Å². The minimum absolute atomic E-state index is 0.0299. The van der Waals surface area contributed by atoms with E-state index in [1.165, 1.54) is 12.3 Å². The second kappa shape index (κ2) is 13.4. The third kappa shape index (κ3) is 6.53. The molecule has 0 bridgehead atoms. The van der Waals surface area contributed by atoms with Gasteiger partial charge in [-0.3, -0.25) is 4.79 Å². The first-order chi connectivity index (χ1) is 22.5. The lowest BCUT2D eigenvalue weighted by atomic mass is 9.92. The highest BCUT2D eigenvalue weighted by Crippen LogP contribution is 2.42. The van der Waals surface area contributed by atoms with E-state index in [1.54, 1.807) is 17.6 Å². The third-order valence-corrected chi connectivity index (χ3v) is 11.4. The van der Waals surface area contributed by atoms with Gasteiger partial charge in [0.25, 0.3) is 0 Å². The van der Waals surface area contributed by atoms with E-state index >= 15 is 0 Å². The number of carbonyl (C=O) groups is 1. The van der Waals surface area contributed by atoms with Crippen LogP contribution in [-0.4, -0.2) is 102 Å². The largest absolute Gasteiger partial charge is 0.381 e. The van der Waals surface area contributed by atoms with Crippen molar-refractivity contribution in [2.24, 2.45) is 0 Å². The van der Waals surface area contributed by atoms with Gasteiger partial charge in [0.15, 0.2) is 0 Å². The Morgan fingerprint density at radius 3 is 2.53 bits per heavy atom. The van der Waals surface area contributed by atoms with Gasteiger partial charge in [0.2, 0.25) is 21.9 Å². The molecule has 1 N–H and O–H groups in total. The molecule has 0 saturated carbocycles. The fourth-order valence-electron chi connectivity index (χ4n) is 7.53. The Balaban J connectivity index is 1.34. The Kier molecular flexibility index (Phi) is 9.41. The molecule has 0 spiro atoms. The minimum atomic E-state index is -3.37. The Bertz CT molecular complexity index is 1740. The standard InChI is InChI=1S/C34H46N8O4S/c1-7-33(43)40-16-8-9-28(40)25-10-11-29(41-21-30(23(41)4)42(22(2)3)47(6,44)45)27-20-36-32(19-26(25)27)37-31-12-15-35-34(38-31)39-17-13-24(46-5)14-18-39/h7,10-12,15,19-20,22-24,28,30H,1,8-9,13-14,16-18,21H2,2-6H3,(H,35,36,37,38)/t23-,28-,30+/m1/s1. The summed E-state index contributed by atoms with van der Waals surface area (Å²) in [6, 6.07) is 7.70. The molecular formula is C34H46N8O4S. The first-order valence-corrected chi connectivity index (χ1v) is 18.3. The number of aromatic nitrogens is 3. The van der Waals surface area contributed by atoms with Gasteiger partial charge in [-0.1, -0.05) is 12.6 Å². The van der Waals surface area contributed by atoms with E-state index in [2.05, 4.69) is 45.7 Å². The summed E-state index contributed by atoms with van der Waals surface area (Å²) in [5.41, 5.74) is 2.04. The third-order valence-electron chi connectivity index (χ3n) is 9.90. The van der Waals surface area contributed by atoms with Crippen LogP contribution in [0.3, 0.4) is 0 Å². The van der Waals surface area contributed by atoms with Crippen LogP contribution in [0, 0.1) is 0 Å². The smallest absolute Gasteiger partial charge is 0.246 e. The van der Waals surface area contributed by atoms with E-state index in [0.717, 1.165) is 60.8 Å². The van der Waals surface area contributed by atoms with Crippen molar-refractivity contribution >= 4 is 50.0 Å². The summed E-state index contributed by atoms with van der Waals surface area (Å²) >= 11 is 0. The van der Waals surface area contributed by atoms with Crippen molar-refractivity contribution in [3.05, 3.63) is 54.9 Å². The maximum atomic E-state index is 12.8. The highest BCUT2D eigenvalue weighted by molar-refractivity contribution is 7.88. The predicted octanol–water partition coefficient (Wildman–Crippen LogP) is 4.48. The SMILES string of the molecule is C=CC(=O)N1CCC[C@@H]1c1ccc(N2C[C@H](N(C(C)C)S(C)(=O)=O)[C@H]2C)c2cnc(Nc3ccnc(N4CCC(OC)CC4)n3)cc12. The molecule has 3 aliphatic heterocycles. The van der Waals surface area contributed by atoms with Crippen molar-refractivity contribution in [1.82, 2.24) is 24.2 Å². The zero-order valence-corrected chi connectivity index (χ0v) is 28.8. The second-order valence-corrected chi connectivity index (χ2v) is 15.0. The fourth-order valence-corrected chi connectivity index (χ4v) is 9.03. The predicted molar refractivity (Wildman–Crippen MR) is 186 cm³/mol. The molecule has 12 nitrogen and oxygen atoms in total. The molecule has 2 aromatic heterocycles. The maximum absolute atomic E-state index is 12.8. The fraction of sp³-hybridized carbons (Fsp3) is 0.529. The van der Waals surface area contributed by atoms with E-state index in [1.807, 2.05) is 37.1 Å². The molecule has 5 heterocycles. The highest BCUT2D eigenvalue weighted by atomic mass is 32.2. The van der Waals surface area contributed by atoms with Crippen LogP contribution >= 0.6 is 0 Å². The number of hydrogen-bond acceptors (Lipinski definition) is 10. The normalized spacial score (nSPS) is 22.3. The molecule has 0 unspecified atom stereocenters. The topological polar surface area (TPSA) is 124 Å². The minimum Gasteiger partial charge on any atom is -0.381 e. The zero-order valence-electron chi connectivity index (χ0n) is 28.0. The Morgan fingerprint density at radius 2 is 1.87 bits per heavy atom. The number of piperidine rings is 1. The van der Waals surface area contributed by atoms with Gasteiger partial charge in [0.1, 0.15) is 11.6 Å². The number of fused-ring (bicyclic) bond motifs is 1. The highest BCUT2D eigenvalue weighted by Gasteiger charge is 2.44. The van der Waals surface area contributed by atoms with Crippen LogP contribution in [0.25, 0.3) is 10.8 Å². The van der Waals surface area contributed by atoms with Crippen LogP contribution in [0.15, 0.2) is 49.3 Å². The molecule has 1 aromatic carbocycles. The van der Waals surface area contributed by atoms with E-state index in [0.29, 0.717) is 30.7 Å². The van der Waals surface area contributed by atoms with Crippen molar-refractivity contribution in [1.29, 1.82) is 0 Å². The molecule has 3 saturated heterocycles. The molecule has 3 aromatic rings. The summed E-state index contributed by atoms with van der Waals surface area (Å²) in [5, 5.41) is 5.34. The average molecular weight is 663 g/mol. The van der Waals surface area contributed by atoms with E-state index < -0.39 is 10.0 Å². The lowest BCUT2D eigenvalue weighted by molar-refractivity contribution is -0.126. The van der Waals surface area contributed by atoms with Crippen molar-refractivity contribution in [3.8, 4) is 0 Å². The number of nitrogens with zero attached hydrogens (tertiary/aromatic N) is 7. The number of nitrogens with one attached hydrogen (secondary N) is 1. The van der Waals surface area contributed by atoms with Gasteiger partial charge in [0, 0.05) is 68.8 Å². The molecule has 3 fully saturated rings. The van der Waals surface area contributed by atoms with E-state index in [4.69, 9.17) is 14.7 Å². The van der Waals surface area contributed by atoms with Crippen LogP contribution in [0.1, 0.15) is 58.1 Å².